The molecule has 9 nitrogen and oxygen atoms in total. The first-order valence-electron chi connectivity index (χ1n) is 11.0. The van der Waals surface area contributed by atoms with Crippen molar-refractivity contribution in [3.8, 4) is 11.4 Å². The first kappa shape index (κ1) is 20.4. The van der Waals surface area contributed by atoms with Crippen LogP contribution >= 0.6 is 0 Å². The minimum absolute atomic E-state index is 0.185. The number of nitrogens with one attached hydrogen (secondary N) is 1. The lowest BCUT2D eigenvalue weighted by atomic mass is 10.0. The quantitative estimate of drug-likeness (QED) is 0.668. The van der Waals surface area contributed by atoms with E-state index in [-0.39, 0.29) is 12.1 Å². The van der Waals surface area contributed by atoms with Gasteiger partial charge in [-0.3, -0.25) is 0 Å². The summed E-state index contributed by atoms with van der Waals surface area (Å²) in [5, 5.41) is 7.10. The molecule has 1 atom stereocenters. The normalized spacial score (nSPS) is 19.1. The highest BCUT2D eigenvalue weighted by Gasteiger charge is 2.32. The standard InChI is InChI=1S/C23H26N6O3/c30-23(25-18-9-10-20(24-16-18)28-12-14-31-15-13-28)29-11-5-4-8-19(29)22-26-21(27-32-22)17-6-2-1-3-7-17/h1-3,6-7,9-10,16,19H,4-5,8,11-15H2,(H,25,30). The second-order valence-corrected chi connectivity index (χ2v) is 7.96. The van der Waals surface area contributed by atoms with E-state index in [0.717, 1.165) is 43.7 Å². The number of hydrogen-bond donors (Lipinski definition) is 1. The van der Waals surface area contributed by atoms with Gasteiger partial charge in [-0.25, -0.2) is 9.78 Å². The number of pyridine rings is 1. The molecular weight excluding hydrogens is 408 g/mol. The second-order valence-electron chi connectivity index (χ2n) is 7.96. The molecule has 0 aliphatic carbocycles. The zero-order valence-electron chi connectivity index (χ0n) is 17.8. The van der Waals surface area contributed by atoms with Crippen molar-refractivity contribution in [2.24, 2.45) is 0 Å². The average molecular weight is 435 g/mol. The van der Waals surface area contributed by atoms with E-state index >= 15 is 0 Å². The molecule has 0 saturated carbocycles. The molecule has 3 aromatic rings. The van der Waals surface area contributed by atoms with Gasteiger partial charge in [0.25, 0.3) is 0 Å². The van der Waals surface area contributed by atoms with Gasteiger partial charge in [-0.15, -0.1) is 0 Å². The van der Waals surface area contributed by atoms with Crippen LogP contribution in [0.2, 0.25) is 0 Å². The Morgan fingerprint density at radius 2 is 1.88 bits per heavy atom. The maximum Gasteiger partial charge on any atom is 0.322 e. The molecule has 2 aliphatic heterocycles. The molecule has 1 aromatic carbocycles. The van der Waals surface area contributed by atoms with Crippen LogP contribution in [0, 0.1) is 0 Å². The molecule has 2 amide bonds. The Hall–Kier alpha value is -3.46. The van der Waals surface area contributed by atoms with Gasteiger partial charge in [0.1, 0.15) is 11.9 Å². The van der Waals surface area contributed by atoms with Gasteiger partial charge in [-0.2, -0.15) is 4.98 Å². The van der Waals surface area contributed by atoms with Gasteiger partial charge >= 0.3 is 6.03 Å². The van der Waals surface area contributed by atoms with Crippen molar-refractivity contribution in [1.82, 2.24) is 20.0 Å². The molecule has 9 heteroatoms. The van der Waals surface area contributed by atoms with E-state index in [1.807, 2.05) is 42.5 Å². The smallest absolute Gasteiger partial charge is 0.322 e. The number of morpholine rings is 1. The maximum absolute atomic E-state index is 13.1. The van der Waals surface area contributed by atoms with Gasteiger partial charge in [-0.05, 0) is 31.4 Å². The van der Waals surface area contributed by atoms with Gasteiger partial charge < -0.3 is 24.4 Å². The lowest BCUT2D eigenvalue weighted by Gasteiger charge is -2.33. The molecule has 166 valence electrons. The summed E-state index contributed by atoms with van der Waals surface area (Å²) in [7, 11) is 0. The topological polar surface area (TPSA) is 96.6 Å². The summed E-state index contributed by atoms with van der Waals surface area (Å²) in [6, 6.07) is 13.1. The van der Waals surface area contributed by atoms with Crippen LogP contribution in [0.3, 0.4) is 0 Å². The molecule has 1 unspecified atom stereocenters. The van der Waals surface area contributed by atoms with Crippen LogP contribution in [0.4, 0.5) is 16.3 Å². The summed E-state index contributed by atoms with van der Waals surface area (Å²) in [6.07, 6.45) is 4.44. The summed E-state index contributed by atoms with van der Waals surface area (Å²) in [5.74, 6) is 1.90. The van der Waals surface area contributed by atoms with E-state index in [0.29, 0.717) is 37.2 Å². The number of piperidine rings is 1. The minimum Gasteiger partial charge on any atom is -0.378 e. The highest BCUT2D eigenvalue weighted by Crippen LogP contribution is 2.31. The van der Waals surface area contributed by atoms with E-state index in [1.54, 1.807) is 11.1 Å². The molecule has 0 radical (unpaired) electrons. The van der Waals surface area contributed by atoms with Crippen molar-refractivity contribution in [1.29, 1.82) is 0 Å². The van der Waals surface area contributed by atoms with E-state index in [4.69, 9.17) is 9.26 Å². The van der Waals surface area contributed by atoms with Crippen LogP contribution in [0.25, 0.3) is 11.4 Å². The zero-order chi connectivity index (χ0) is 21.8. The van der Waals surface area contributed by atoms with Crippen molar-refractivity contribution >= 4 is 17.5 Å². The number of carbonyl (C=O) groups is 1. The third-order valence-electron chi connectivity index (χ3n) is 5.86. The number of nitrogens with zero attached hydrogens (tertiary/aromatic N) is 5. The van der Waals surface area contributed by atoms with Crippen LogP contribution < -0.4 is 10.2 Å². The van der Waals surface area contributed by atoms with Crippen molar-refractivity contribution in [2.75, 3.05) is 43.1 Å². The van der Waals surface area contributed by atoms with Crippen molar-refractivity contribution in [3.63, 3.8) is 0 Å². The van der Waals surface area contributed by atoms with Crippen LogP contribution in [0.5, 0.6) is 0 Å². The third-order valence-corrected chi connectivity index (χ3v) is 5.86. The zero-order valence-corrected chi connectivity index (χ0v) is 17.8. The minimum atomic E-state index is -0.241. The van der Waals surface area contributed by atoms with Crippen molar-refractivity contribution < 1.29 is 14.1 Å². The van der Waals surface area contributed by atoms with E-state index in [9.17, 15) is 4.79 Å². The summed E-state index contributed by atoms with van der Waals surface area (Å²) in [4.78, 5) is 26.1. The Bertz CT molecular complexity index is 1030. The number of urea groups is 1. The molecule has 5 rings (SSSR count). The molecule has 0 bridgehead atoms. The van der Waals surface area contributed by atoms with Gasteiger partial charge in [0.05, 0.1) is 25.1 Å². The number of likely N-dealkylation sites (tertiary alicyclic amines) is 1. The number of amides is 2. The van der Waals surface area contributed by atoms with Crippen LogP contribution in [-0.4, -0.2) is 58.9 Å². The van der Waals surface area contributed by atoms with Crippen LogP contribution in [-0.2, 0) is 4.74 Å². The monoisotopic (exact) mass is 434 g/mol. The molecule has 2 fully saturated rings. The van der Waals surface area contributed by atoms with E-state index in [1.165, 1.54) is 0 Å². The number of anilines is 2. The Morgan fingerprint density at radius 1 is 1.03 bits per heavy atom. The average Bonchev–Trinajstić information content (AvgIpc) is 3.36. The summed E-state index contributed by atoms with van der Waals surface area (Å²) < 4.78 is 10.9. The first-order valence-corrected chi connectivity index (χ1v) is 11.0. The van der Waals surface area contributed by atoms with Crippen molar-refractivity contribution in [3.05, 3.63) is 54.6 Å². The molecule has 2 aliphatic rings. The van der Waals surface area contributed by atoms with Gasteiger partial charge in [0, 0.05) is 25.2 Å². The van der Waals surface area contributed by atoms with Crippen molar-refractivity contribution in [2.45, 2.75) is 25.3 Å². The Labute approximate surface area is 186 Å². The second kappa shape index (κ2) is 9.35. The van der Waals surface area contributed by atoms with Gasteiger partial charge in [-0.1, -0.05) is 35.5 Å². The Morgan fingerprint density at radius 3 is 2.66 bits per heavy atom. The molecule has 4 heterocycles. The molecule has 2 saturated heterocycles. The highest BCUT2D eigenvalue weighted by molar-refractivity contribution is 5.89. The van der Waals surface area contributed by atoms with Gasteiger partial charge in [0.2, 0.25) is 11.7 Å². The van der Waals surface area contributed by atoms with Gasteiger partial charge in [0.15, 0.2) is 0 Å². The molecule has 0 spiro atoms. The molecule has 32 heavy (non-hydrogen) atoms. The number of benzene rings is 1. The molecular formula is C23H26N6O3. The Kier molecular flexibility index (Phi) is 5.98. The SMILES string of the molecule is O=C(Nc1ccc(N2CCOCC2)nc1)N1CCCCC1c1nc(-c2ccccc2)no1. The van der Waals surface area contributed by atoms with E-state index < -0.39 is 0 Å². The summed E-state index contributed by atoms with van der Waals surface area (Å²) in [6.45, 7) is 3.70. The number of rotatable bonds is 4. The number of carbonyl (C=O) groups excluding carboxylic acids is 1. The van der Waals surface area contributed by atoms with E-state index in [2.05, 4.69) is 25.3 Å². The van der Waals surface area contributed by atoms with Crippen LogP contribution in [0.1, 0.15) is 31.2 Å². The Balaban J connectivity index is 1.27. The summed E-state index contributed by atoms with van der Waals surface area (Å²) >= 11 is 0. The lowest BCUT2D eigenvalue weighted by Crippen LogP contribution is -2.41. The summed E-state index contributed by atoms with van der Waals surface area (Å²) in [5.41, 5.74) is 1.55. The fourth-order valence-corrected chi connectivity index (χ4v) is 4.14. The first-order chi connectivity index (χ1) is 15.8. The fraction of sp³-hybridized carbons (Fsp3) is 0.391. The highest BCUT2D eigenvalue weighted by atomic mass is 16.5. The number of aromatic nitrogens is 3. The largest absolute Gasteiger partial charge is 0.378 e. The lowest BCUT2D eigenvalue weighted by molar-refractivity contribution is 0.122. The molecule has 1 N–H and O–H groups in total. The molecule has 2 aromatic heterocycles. The predicted molar refractivity (Wildman–Crippen MR) is 119 cm³/mol. The van der Waals surface area contributed by atoms with Crippen LogP contribution in [0.15, 0.2) is 53.2 Å². The number of ether oxygens (including phenoxy) is 1. The third kappa shape index (κ3) is 4.43. The number of hydrogen-bond acceptors (Lipinski definition) is 7. The fourth-order valence-electron chi connectivity index (χ4n) is 4.14. The predicted octanol–water partition coefficient (Wildman–Crippen LogP) is 3.73. The maximum atomic E-state index is 13.1.